The molecular weight excluding hydrogens is 508 g/mol. The van der Waals surface area contributed by atoms with Gasteiger partial charge in [-0.3, -0.25) is 18.8 Å². The third-order valence-corrected chi connectivity index (χ3v) is 7.30. The van der Waals surface area contributed by atoms with Crippen LogP contribution in [0.1, 0.15) is 11.3 Å². The van der Waals surface area contributed by atoms with Crippen LogP contribution >= 0.6 is 0 Å². The van der Waals surface area contributed by atoms with E-state index in [0.717, 1.165) is 11.0 Å². The first-order valence-corrected chi connectivity index (χ1v) is 13.2. The summed E-state index contributed by atoms with van der Waals surface area (Å²) in [4.78, 5) is 17.7. The standard InChI is InChI=1S/C24H16N2O8S2/c27-24-19(14-16-8-5-13-34-16)25-23(15-6-2-1-3-7-15)26(24)20-12-11-17-18(22(20)36(31,32)33)9-4-10-21(17)35(28,29)30/h1-14H,(H,28,29,30)(H,31,32,33). The summed E-state index contributed by atoms with van der Waals surface area (Å²) in [6.45, 7) is 0. The maximum Gasteiger partial charge on any atom is 0.297 e. The predicted octanol–water partition coefficient (Wildman–Crippen LogP) is 3.76. The highest BCUT2D eigenvalue weighted by atomic mass is 32.2. The Kier molecular flexibility index (Phi) is 5.60. The first kappa shape index (κ1) is 23.6. The largest absolute Gasteiger partial charge is 0.465 e. The molecule has 2 N–H and O–H groups in total. The van der Waals surface area contributed by atoms with E-state index in [1.54, 1.807) is 42.5 Å². The second-order valence-electron chi connectivity index (χ2n) is 7.70. The van der Waals surface area contributed by atoms with E-state index >= 15 is 0 Å². The second-order valence-corrected chi connectivity index (χ2v) is 10.5. The summed E-state index contributed by atoms with van der Waals surface area (Å²) in [5.41, 5.74) is 0.159. The van der Waals surface area contributed by atoms with Gasteiger partial charge in [0.2, 0.25) is 0 Å². The first-order chi connectivity index (χ1) is 17.1. The summed E-state index contributed by atoms with van der Waals surface area (Å²) >= 11 is 0. The zero-order valence-electron chi connectivity index (χ0n) is 18.1. The van der Waals surface area contributed by atoms with Crippen molar-refractivity contribution in [1.82, 2.24) is 0 Å². The molecule has 2 heterocycles. The molecule has 0 spiro atoms. The molecule has 182 valence electrons. The number of carbonyl (C=O) groups is 1. The van der Waals surface area contributed by atoms with E-state index in [1.165, 1.54) is 36.6 Å². The summed E-state index contributed by atoms with van der Waals surface area (Å²) in [5, 5.41) is -0.374. The summed E-state index contributed by atoms with van der Waals surface area (Å²) < 4.78 is 74.0. The van der Waals surface area contributed by atoms with Gasteiger partial charge < -0.3 is 4.42 Å². The molecule has 5 rings (SSSR count). The molecule has 0 unspecified atom stereocenters. The average molecular weight is 525 g/mol. The molecule has 0 fully saturated rings. The molecule has 0 bridgehead atoms. The number of carbonyl (C=O) groups excluding carboxylic acids is 1. The number of aliphatic imine (C=N–C) groups is 1. The molecule has 0 aliphatic carbocycles. The van der Waals surface area contributed by atoms with Gasteiger partial charge in [-0.15, -0.1) is 0 Å². The number of amides is 1. The Bertz CT molecular complexity index is 1790. The number of amidine groups is 1. The summed E-state index contributed by atoms with van der Waals surface area (Å²) in [7, 11) is -9.75. The number of rotatable bonds is 5. The van der Waals surface area contributed by atoms with Crippen molar-refractivity contribution in [3.8, 4) is 0 Å². The maximum absolute atomic E-state index is 13.5. The number of anilines is 1. The van der Waals surface area contributed by atoms with Crippen LogP contribution in [-0.2, 0) is 25.0 Å². The van der Waals surface area contributed by atoms with Gasteiger partial charge >= 0.3 is 0 Å². The normalized spacial score (nSPS) is 15.6. The molecule has 1 amide bonds. The smallest absolute Gasteiger partial charge is 0.297 e. The van der Waals surface area contributed by atoms with Crippen molar-refractivity contribution < 1.29 is 35.2 Å². The number of nitrogens with zero attached hydrogens (tertiary/aromatic N) is 2. The number of hydrogen-bond acceptors (Lipinski definition) is 7. The van der Waals surface area contributed by atoms with Crippen LogP contribution in [0.3, 0.4) is 0 Å². The predicted molar refractivity (Wildman–Crippen MR) is 131 cm³/mol. The van der Waals surface area contributed by atoms with Crippen molar-refractivity contribution in [2.24, 2.45) is 4.99 Å². The van der Waals surface area contributed by atoms with Gasteiger partial charge in [-0.2, -0.15) is 16.8 Å². The third-order valence-electron chi connectivity index (χ3n) is 5.44. The fourth-order valence-corrected chi connectivity index (χ4v) is 5.58. The highest BCUT2D eigenvalue weighted by molar-refractivity contribution is 7.86. The van der Waals surface area contributed by atoms with Gasteiger partial charge in [-0.25, -0.2) is 4.99 Å². The van der Waals surface area contributed by atoms with Crippen LogP contribution in [0, 0.1) is 0 Å². The van der Waals surface area contributed by atoms with E-state index in [2.05, 4.69) is 4.99 Å². The van der Waals surface area contributed by atoms with Crippen LogP contribution in [0.25, 0.3) is 16.8 Å². The highest BCUT2D eigenvalue weighted by Gasteiger charge is 2.37. The van der Waals surface area contributed by atoms with Crippen molar-refractivity contribution in [1.29, 1.82) is 0 Å². The van der Waals surface area contributed by atoms with Crippen molar-refractivity contribution in [3.05, 3.63) is 96.1 Å². The molecule has 0 saturated heterocycles. The van der Waals surface area contributed by atoms with Gasteiger partial charge in [-0.1, -0.05) is 48.5 Å². The lowest BCUT2D eigenvalue weighted by molar-refractivity contribution is -0.113. The topological polar surface area (TPSA) is 155 Å². The van der Waals surface area contributed by atoms with E-state index in [9.17, 15) is 30.7 Å². The lowest BCUT2D eigenvalue weighted by Gasteiger charge is -2.22. The highest BCUT2D eigenvalue weighted by Crippen LogP contribution is 2.38. The molecule has 1 aliphatic rings. The Balaban J connectivity index is 1.81. The zero-order chi connectivity index (χ0) is 25.7. The lowest BCUT2D eigenvalue weighted by Crippen LogP contribution is -2.34. The van der Waals surface area contributed by atoms with Gasteiger partial charge in [0.15, 0.2) is 0 Å². The SMILES string of the molecule is O=C1C(=Cc2ccco2)N=C(c2ccccc2)N1c1ccc2c(S(=O)(=O)O)cccc2c1S(=O)(=O)O. The van der Waals surface area contributed by atoms with Gasteiger partial charge in [0.25, 0.3) is 26.1 Å². The summed E-state index contributed by atoms with van der Waals surface area (Å²) in [6.07, 6.45) is 2.80. The Morgan fingerprint density at radius 1 is 0.806 bits per heavy atom. The van der Waals surface area contributed by atoms with Crippen LogP contribution in [0.4, 0.5) is 5.69 Å². The Morgan fingerprint density at radius 2 is 1.56 bits per heavy atom. The minimum atomic E-state index is -5.02. The van der Waals surface area contributed by atoms with Crippen LogP contribution in [-0.4, -0.2) is 37.7 Å². The molecular formula is C24H16N2O8S2. The number of fused-ring (bicyclic) bond motifs is 1. The van der Waals surface area contributed by atoms with Crippen LogP contribution in [0.15, 0.2) is 104 Å². The average Bonchev–Trinajstić information content (AvgIpc) is 3.45. The van der Waals surface area contributed by atoms with E-state index in [0.29, 0.717) is 11.3 Å². The molecule has 1 aromatic heterocycles. The molecule has 0 radical (unpaired) electrons. The van der Waals surface area contributed by atoms with E-state index in [1.807, 2.05) is 0 Å². The fraction of sp³-hybridized carbons (Fsp3) is 0. The number of hydrogen-bond donors (Lipinski definition) is 2. The number of furan rings is 1. The van der Waals surface area contributed by atoms with Gasteiger partial charge in [-0.05, 0) is 24.3 Å². The molecule has 36 heavy (non-hydrogen) atoms. The van der Waals surface area contributed by atoms with Crippen molar-refractivity contribution in [3.63, 3.8) is 0 Å². The summed E-state index contributed by atoms with van der Waals surface area (Å²) in [5.74, 6) is -0.295. The molecule has 0 atom stereocenters. The first-order valence-electron chi connectivity index (χ1n) is 10.3. The molecule has 0 saturated carbocycles. The van der Waals surface area contributed by atoms with Crippen LogP contribution in [0.2, 0.25) is 0 Å². The second kappa shape index (κ2) is 8.53. The van der Waals surface area contributed by atoms with Gasteiger partial charge in [0, 0.05) is 22.4 Å². The minimum Gasteiger partial charge on any atom is -0.465 e. The van der Waals surface area contributed by atoms with Crippen molar-refractivity contribution >= 4 is 54.5 Å². The van der Waals surface area contributed by atoms with Gasteiger partial charge in [0.1, 0.15) is 27.1 Å². The van der Waals surface area contributed by atoms with E-state index < -0.39 is 35.9 Å². The maximum atomic E-state index is 13.5. The minimum absolute atomic E-state index is 0.0584. The lowest BCUT2D eigenvalue weighted by atomic mass is 10.1. The third kappa shape index (κ3) is 4.12. The van der Waals surface area contributed by atoms with Crippen molar-refractivity contribution in [2.45, 2.75) is 9.79 Å². The fourth-order valence-electron chi connectivity index (χ4n) is 3.99. The van der Waals surface area contributed by atoms with E-state index in [4.69, 9.17) is 4.42 Å². The molecule has 12 heteroatoms. The van der Waals surface area contributed by atoms with Crippen LogP contribution in [0.5, 0.6) is 0 Å². The molecule has 10 nitrogen and oxygen atoms in total. The molecule has 4 aromatic rings. The Morgan fingerprint density at radius 3 is 2.19 bits per heavy atom. The van der Waals surface area contributed by atoms with Crippen LogP contribution < -0.4 is 4.90 Å². The number of benzene rings is 3. The van der Waals surface area contributed by atoms with E-state index in [-0.39, 0.29) is 28.0 Å². The van der Waals surface area contributed by atoms with Gasteiger partial charge in [0.05, 0.1) is 12.0 Å². The Hall–Kier alpha value is -4.10. The monoisotopic (exact) mass is 524 g/mol. The summed E-state index contributed by atoms with van der Waals surface area (Å²) in [6, 6.07) is 17.7. The van der Waals surface area contributed by atoms with Crippen molar-refractivity contribution in [2.75, 3.05) is 4.90 Å². The Labute approximate surface area is 205 Å². The molecule has 3 aromatic carbocycles. The molecule has 1 aliphatic heterocycles. The zero-order valence-corrected chi connectivity index (χ0v) is 19.8. The quantitative estimate of drug-likeness (QED) is 0.295.